The summed E-state index contributed by atoms with van der Waals surface area (Å²) in [5.41, 5.74) is 9.82. The van der Waals surface area contributed by atoms with Crippen LogP contribution in [-0.2, 0) is 20.7 Å². The zero-order chi connectivity index (χ0) is 30.9. The van der Waals surface area contributed by atoms with Crippen LogP contribution >= 0.6 is 7.82 Å². The van der Waals surface area contributed by atoms with Crippen molar-refractivity contribution in [3.63, 3.8) is 0 Å². The maximum absolute atomic E-state index is 13.8. The minimum absolute atomic E-state index is 0.0547. The molecule has 1 amide bonds. The van der Waals surface area contributed by atoms with Gasteiger partial charge in [-0.15, -0.1) is 0 Å². The number of halogens is 3. The van der Waals surface area contributed by atoms with Crippen LogP contribution in [0.1, 0.15) is 36.0 Å². The molecule has 3 aromatic rings. The molecule has 1 atom stereocenters. The van der Waals surface area contributed by atoms with Crippen LogP contribution in [0.15, 0.2) is 83.9 Å². The van der Waals surface area contributed by atoms with Crippen molar-refractivity contribution >= 4 is 31.1 Å². The molecule has 0 aromatic heterocycles. The van der Waals surface area contributed by atoms with Gasteiger partial charge in [-0.25, -0.2) is 9.36 Å². The van der Waals surface area contributed by atoms with Gasteiger partial charge in [0.1, 0.15) is 11.8 Å². The highest BCUT2D eigenvalue weighted by Crippen LogP contribution is 2.37. The standard InChI is InChI=1S/C26H28N3O5P.C2HF3O2/c27-17-7-6-11-23-26(30)29(18-19-13-15-21(16-14-19)34-35(31,32)33)24-12-5-4-10-22(24)25(28-23)20-8-2-1-3-9-20;3-2(4,5)1(6)7/h1-5,8-10,12-16,23H,6-7,11,17-18,27H2,(H2,31,32,33);(H,6,7)/t23-;/m0./s1. The van der Waals surface area contributed by atoms with E-state index in [1.807, 2.05) is 54.6 Å². The van der Waals surface area contributed by atoms with Crippen molar-refractivity contribution in [2.45, 2.75) is 38.0 Å². The Hall–Kier alpha value is -4.03. The number of hydrogen-bond acceptors (Lipinski definition) is 6. The van der Waals surface area contributed by atoms with Crippen LogP contribution in [0, 0.1) is 0 Å². The Bertz CT molecular complexity index is 1450. The number of para-hydroxylation sites is 1. The lowest BCUT2D eigenvalue weighted by molar-refractivity contribution is -0.192. The van der Waals surface area contributed by atoms with Crippen molar-refractivity contribution in [2.24, 2.45) is 10.7 Å². The molecule has 1 heterocycles. The van der Waals surface area contributed by atoms with Crippen molar-refractivity contribution in [1.29, 1.82) is 0 Å². The van der Waals surface area contributed by atoms with E-state index in [4.69, 9.17) is 30.4 Å². The molecule has 0 saturated carbocycles. The normalized spacial score (nSPS) is 15.1. The van der Waals surface area contributed by atoms with Gasteiger partial charge in [0.15, 0.2) is 0 Å². The molecule has 14 heteroatoms. The van der Waals surface area contributed by atoms with Crippen LogP contribution in [0.25, 0.3) is 0 Å². The molecule has 42 heavy (non-hydrogen) atoms. The van der Waals surface area contributed by atoms with Crippen molar-refractivity contribution in [1.82, 2.24) is 0 Å². The maximum atomic E-state index is 13.8. The number of phosphoric acid groups is 1. The number of hydrogen-bond donors (Lipinski definition) is 4. The highest BCUT2D eigenvalue weighted by atomic mass is 31.2. The quantitative estimate of drug-likeness (QED) is 0.201. The Morgan fingerprint density at radius 3 is 2.14 bits per heavy atom. The lowest BCUT2D eigenvalue weighted by Gasteiger charge is -2.25. The Morgan fingerprint density at radius 2 is 1.57 bits per heavy atom. The Morgan fingerprint density at radius 1 is 0.976 bits per heavy atom. The minimum atomic E-state index is -5.08. The number of nitrogens with zero attached hydrogens (tertiary/aromatic N) is 2. The number of anilines is 1. The van der Waals surface area contributed by atoms with Gasteiger partial charge in [0.2, 0.25) is 0 Å². The van der Waals surface area contributed by atoms with Crippen LogP contribution in [0.3, 0.4) is 0 Å². The lowest BCUT2D eigenvalue weighted by atomic mass is 10.00. The molecule has 0 bridgehead atoms. The topological polar surface area (TPSA) is 163 Å². The first-order chi connectivity index (χ1) is 19.8. The summed E-state index contributed by atoms with van der Waals surface area (Å²) >= 11 is 0. The second-order valence-corrected chi connectivity index (χ2v) is 10.3. The smallest absolute Gasteiger partial charge is 0.475 e. The number of carbonyl (C=O) groups excluding carboxylic acids is 1. The molecule has 0 aliphatic carbocycles. The number of carboxylic acid groups (broad SMARTS) is 1. The van der Waals surface area contributed by atoms with Crippen LogP contribution < -0.4 is 15.2 Å². The first kappa shape index (κ1) is 32.5. The van der Waals surface area contributed by atoms with E-state index in [1.54, 1.807) is 17.0 Å². The monoisotopic (exact) mass is 607 g/mol. The minimum Gasteiger partial charge on any atom is -0.475 e. The highest BCUT2D eigenvalue weighted by molar-refractivity contribution is 7.46. The van der Waals surface area contributed by atoms with Gasteiger partial charge in [-0.2, -0.15) is 13.2 Å². The lowest BCUT2D eigenvalue weighted by Crippen LogP contribution is -2.37. The summed E-state index contributed by atoms with van der Waals surface area (Å²) < 4.78 is 47.5. The number of phosphoric ester groups is 1. The Balaban J connectivity index is 0.000000616. The number of fused-ring (bicyclic) bond motifs is 1. The molecular formula is C28H29F3N3O7P. The van der Waals surface area contributed by atoms with E-state index in [2.05, 4.69) is 4.52 Å². The number of amides is 1. The Kier molecular flexibility index (Phi) is 11.0. The predicted molar refractivity (Wildman–Crippen MR) is 149 cm³/mol. The first-order valence-corrected chi connectivity index (χ1v) is 14.2. The van der Waals surface area contributed by atoms with Crippen molar-refractivity contribution in [3.8, 4) is 5.75 Å². The van der Waals surface area contributed by atoms with Crippen LogP contribution in [-0.4, -0.2) is 51.2 Å². The number of carboxylic acids is 1. The average Bonchev–Trinajstić information content (AvgIpc) is 3.04. The molecule has 0 radical (unpaired) electrons. The first-order valence-electron chi connectivity index (χ1n) is 12.7. The number of benzene rings is 3. The third kappa shape index (κ3) is 9.25. The number of nitrogens with two attached hydrogens (primary N) is 1. The van der Waals surface area contributed by atoms with E-state index in [0.717, 1.165) is 40.9 Å². The maximum Gasteiger partial charge on any atom is 0.524 e. The zero-order valence-electron chi connectivity index (χ0n) is 22.1. The Labute approximate surface area is 239 Å². The molecule has 10 nitrogen and oxygen atoms in total. The van der Waals surface area contributed by atoms with E-state index in [-0.39, 0.29) is 18.2 Å². The second-order valence-electron chi connectivity index (χ2n) is 9.11. The summed E-state index contributed by atoms with van der Waals surface area (Å²) in [5.74, 6) is -2.80. The van der Waals surface area contributed by atoms with E-state index in [0.29, 0.717) is 13.0 Å². The van der Waals surface area contributed by atoms with Gasteiger partial charge in [0.05, 0.1) is 17.9 Å². The summed E-state index contributed by atoms with van der Waals surface area (Å²) in [4.78, 5) is 47.5. The molecule has 224 valence electrons. The summed E-state index contributed by atoms with van der Waals surface area (Å²) in [7, 11) is -4.64. The molecular weight excluding hydrogens is 578 g/mol. The van der Waals surface area contributed by atoms with Gasteiger partial charge in [0.25, 0.3) is 5.91 Å². The van der Waals surface area contributed by atoms with E-state index < -0.39 is 26.0 Å². The number of alkyl halides is 3. The SMILES string of the molecule is NCCCC[C@@H]1N=C(c2ccccc2)c2ccccc2N(Cc2ccc(OP(=O)(O)O)cc2)C1=O.O=C(O)C(F)(F)F. The van der Waals surface area contributed by atoms with Gasteiger partial charge in [-0.1, -0.05) is 60.7 Å². The molecule has 0 unspecified atom stereocenters. The fraction of sp³-hybridized carbons (Fsp3) is 0.250. The highest BCUT2D eigenvalue weighted by Gasteiger charge is 2.38. The average molecular weight is 608 g/mol. The van der Waals surface area contributed by atoms with Crippen molar-refractivity contribution in [2.75, 3.05) is 11.4 Å². The molecule has 0 saturated heterocycles. The fourth-order valence-electron chi connectivity index (χ4n) is 4.12. The number of aliphatic carboxylic acids is 1. The molecule has 5 N–H and O–H groups in total. The van der Waals surface area contributed by atoms with Gasteiger partial charge in [-0.05, 0) is 49.6 Å². The molecule has 3 aromatic carbocycles. The molecule has 1 aliphatic heterocycles. The summed E-state index contributed by atoms with van der Waals surface area (Å²) in [5, 5.41) is 7.12. The number of benzodiazepines with no additional fused rings is 1. The van der Waals surface area contributed by atoms with Gasteiger partial charge < -0.3 is 20.3 Å². The third-order valence-electron chi connectivity index (χ3n) is 6.00. The molecule has 0 spiro atoms. The fourth-order valence-corrected chi connectivity index (χ4v) is 4.52. The van der Waals surface area contributed by atoms with E-state index >= 15 is 0 Å². The zero-order valence-corrected chi connectivity index (χ0v) is 23.0. The van der Waals surface area contributed by atoms with E-state index in [9.17, 15) is 22.5 Å². The van der Waals surface area contributed by atoms with Crippen LogP contribution in [0.5, 0.6) is 5.75 Å². The van der Waals surface area contributed by atoms with Crippen molar-refractivity contribution < 1.29 is 46.7 Å². The third-order valence-corrected chi connectivity index (χ3v) is 6.44. The summed E-state index contributed by atoms with van der Waals surface area (Å²) in [6.45, 7) is 0.833. The predicted octanol–water partition coefficient (Wildman–Crippen LogP) is 4.67. The molecule has 0 fully saturated rings. The molecule has 4 rings (SSSR count). The van der Waals surface area contributed by atoms with Gasteiger partial charge in [0, 0.05) is 11.1 Å². The number of rotatable bonds is 9. The largest absolute Gasteiger partial charge is 0.524 e. The summed E-state index contributed by atoms with van der Waals surface area (Å²) in [6, 6.07) is 23.3. The number of carbonyl (C=O) groups is 2. The van der Waals surface area contributed by atoms with Gasteiger partial charge in [-0.3, -0.25) is 19.6 Å². The van der Waals surface area contributed by atoms with Gasteiger partial charge >= 0.3 is 20.0 Å². The van der Waals surface area contributed by atoms with Crippen LogP contribution in [0.4, 0.5) is 18.9 Å². The number of aliphatic imine (C=N–C) groups is 1. The number of unbranched alkanes of at least 4 members (excludes halogenated alkanes) is 1. The molecule has 1 aliphatic rings. The van der Waals surface area contributed by atoms with Crippen LogP contribution in [0.2, 0.25) is 0 Å². The summed E-state index contributed by atoms with van der Waals surface area (Å²) in [6.07, 6.45) is -2.89. The van der Waals surface area contributed by atoms with Crippen molar-refractivity contribution in [3.05, 3.63) is 95.6 Å². The second kappa shape index (κ2) is 14.2. The van der Waals surface area contributed by atoms with E-state index in [1.165, 1.54) is 12.1 Å².